The number of aromatic nitrogens is 1. The number of halogens is 3. The smallest absolute Gasteiger partial charge is 0.166 e. The van der Waals surface area contributed by atoms with Crippen LogP contribution >= 0.6 is 23.4 Å². The van der Waals surface area contributed by atoms with Crippen LogP contribution in [0.25, 0.3) is 10.9 Å². The Morgan fingerprint density at radius 2 is 1.85 bits per heavy atom. The molecule has 0 bridgehead atoms. The molecule has 1 aromatic heterocycles. The minimum absolute atomic E-state index is 0.0134. The van der Waals surface area contributed by atoms with Crippen LogP contribution in [-0.2, 0) is 13.0 Å². The highest BCUT2D eigenvalue weighted by molar-refractivity contribution is 7.99. The van der Waals surface area contributed by atoms with Crippen molar-refractivity contribution in [3.8, 4) is 0 Å². The van der Waals surface area contributed by atoms with E-state index in [-0.39, 0.29) is 9.92 Å². The molecule has 3 aromatic carbocycles. The van der Waals surface area contributed by atoms with E-state index >= 15 is 4.39 Å². The first-order valence-corrected chi connectivity index (χ1v) is 12.0. The number of fused-ring (bicyclic) bond motifs is 2. The number of carboxylic acid groups (broad SMARTS) is 1. The van der Waals surface area contributed by atoms with Gasteiger partial charge >= 0.3 is 0 Å². The summed E-state index contributed by atoms with van der Waals surface area (Å²) in [6, 6.07) is 15.6. The van der Waals surface area contributed by atoms with Crippen LogP contribution in [0.5, 0.6) is 0 Å². The summed E-state index contributed by atoms with van der Waals surface area (Å²) in [6.45, 7) is 3.93. The standard InChI is InChI=1S/C26H21ClF2N2O2S/c1-15-25(34-21-8-4-6-17(22(21)28)26(32)33)18-9-10-19(27)23(29)24(18)31(15)14-13-30-12-11-16-5-2-3-7-20(16)30/h2-10H,11-14H2,1H3,(H,32,33)/p-1. The molecule has 0 radical (unpaired) electrons. The number of aromatic carboxylic acids is 1. The third-order valence-electron chi connectivity index (χ3n) is 6.29. The number of nitrogens with zero attached hydrogens (tertiary/aromatic N) is 2. The van der Waals surface area contributed by atoms with E-state index in [0.29, 0.717) is 28.9 Å². The van der Waals surface area contributed by atoms with Crippen molar-refractivity contribution >= 4 is 45.9 Å². The zero-order valence-electron chi connectivity index (χ0n) is 18.3. The Labute approximate surface area is 204 Å². The fourth-order valence-electron chi connectivity index (χ4n) is 4.60. The van der Waals surface area contributed by atoms with Crippen LogP contribution < -0.4 is 10.0 Å². The molecule has 0 spiro atoms. The highest BCUT2D eigenvalue weighted by Gasteiger charge is 2.23. The lowest BCUT2D eigenvalue weighted by Crippen LogP contribution is -2.25. The van der Waals surface area contributed by atoms with Gasteiger partial charge in [0.25, 0.3) is 0 Å². The van der Waals surface area contributed by atoms with E-state index in [9.17, 15) is 14.3 Å². The Morgan fingerprint density at radius 1 is 1.06 bits per heavy atom. The molecule has 4 aromatic rings. The number of para-hydroxylation sites is 1. The molecule has 5 rings (SSSR count). The molecule has 2 heterocycles. The van der Waals surface area contributed by atoms with Gasteiger partial charge in [-0.25, -0.2) is 8.78 Å². The van der Waals surface area contributed by atoms with Gasteiger partial charge < -0.3 is 19.4 Å². The topological polar surface area (TPSA) is 48.3 Å². The van der Waals surface area contributed by atoms with Gasteiger partial charge in [-0.05, 0) is 43.2 Å². The molecule has 0 saturated carbocycles. The van der Waals surface area contributed by atoms with Crippen molar-refractivity contribution in [3.63, 3.8) is 0 Å². The maximum absolute atomic E-state index is 15.2. The lowest BCUT2D eigenvalue weighted by atomic mass is 10.2. The maximum atomic E-state index is 15.2. The molecular formula is C26H20ClF2N2O2S-. The Balaban J connectivity index is 1.55. The highest BCUT2D eigenvalue weighted by Crippen LogP contribution is 2.41. The third-order valence-corrected chi connectivity index (χ3v) is 7.84. The molecule has 8 heteroatoms. The van der Waals surface area contributed by atoms with Crippen LogP contribution in [0.3, 0.4) is 0 Å². The van der Waals surface area contributed by atoms with Gasteiger partial charge in [0.1, 0.15) is 5.82 Å². The van der Waals surface area contributed by atoms with E-state index in [1.54, 1.807) is 6.07 Å². The zero-order chi connectivity index (χ0) is 24.0. The van der Waals surface area contributed by atoms with Crippen molar-refractivity contribution in [1.82, 2.24) is 4.57 Å². The molecule has 174 valence electrons. The lowest BCUT2D eigenvalue weighted by molar-refractivity contribution is -0.255. The van der Waals surface area contributed by atoms with Crippen molar-refractivity contribution in [2.75, 3.05) is 18.0 Å². The molecule has 0 atom stereocenters. The summed E-state index contributed by atoms with van der Waals surface area (Å²) in [4.78, 5) is 14.3. The number of carbonyl (C=O) groups is 1. The second-order valence-corrected chi connectivity index (χ2v) is 9.66. The summed E-state index contributed by atoms with van der Waals surface area (Å²) in [5.74, 6) is -2.97. The summed E-state index contributed by atoms with van der Waals surface area (Å²) in [7, 11) is 0. The molecule has 0 aliphatic carbocycles. The average molecular weight is 498 g/mol. The van der Waals surface area contributed by atoms with E-state index in [4.69, 9.17) is 11.6 Å². The van der Waals surface area contributed by atoms with Crippen LogP contribution in [0.4, 0.5) is 14.5 Å². The van der Waals surface area contributed by atoms with Crippen LogP contribution in [0, 0.1) is 18.6 Å². The Hall–Kier alpha value is -3.03. The third kappa shape index (κ3) is 3.83. The fourth-order valence-corrected chi connectivity index (χ4v) is 5.85. The van der Waals surface area contributed by atoms with E-state index < -0.39 is 23.2 Å². The van der Waals surface area contributed by atoms with Gasteiger partial charge in [-0.3, -0.25) is 0 Å². The molecular weight excluding hydrogens is 478 g/mol. The number of hydrogen-bond acceptors (Lipinski definition) is 4. The average Bonchev–Trinajstić information content (AvgIpc) is 3.35. The monoisotopic (exact) mass is 497 g/mol. The minimum atomic E-state index is -1.58. The molecule has 34 heavy (non-hydrogen) atoms. The molecule has 0 unspecified atom stereocenters. The summed E-state index contributed by atoms with van der Waals surface area (Å²) in [5, 5.41) is 11.9. The van der Waals surface area contributed by atoms with Crippen molar-refractivity contribution < 1.29 is 18.7 Å². The lowest BCUT2D eigenvalue weighted by Gasteiger charge is -2.21. The highest BCUT2D eigenvalue weighted by atomic mass is 35.5. The van der Waals surface area contributed by atoms with Gasteiger partial charge in [0, 0.05) is 51.8 Å². The van der Waals surface area contributed by atoms with Gasteiger partial charge in [0.05, 0.1) is 16.5 Å². The number of hydrogen-bond donors (Lipinski definition) is 0. The molecule has 4 nitrogen and oxygen atoms in total. The number of carboxylic acids is 1. The first-order chi connectivity index (χ1) is 16.4. The fraction of sp³-hybridized carbons (Fsp3) is 0.192. The zero-order valence-corrected chi connectivity index (χ0v) is 19.9. The van der Waals surface area contributed by atoms with Crippen LogP contribution in [-0.4, -0.2) is 23.6 Å². The number of carbonyl (C=O) groups excluding carboxylic acids is 1. The van der Waals surface area contributed by atoms with Crippen molar-refractivity contribution in [3.05, 3.63) is 88.1 Å². The molecule has 0 N–H and O–H groups in total. The quantitative estimate of drug-likeness (QED) is 0.355. The van der Waals surface area contributed by atoms with Crippen LogP contribution in [0.1, 0.15) is 21.6 Å². The Bertz CT molecular complexity index is 1440. The first kappa shape index (κ1) is 22.7. The van der Waals surface area contributed by atoms with Gasteiger partial charge in [-0.2, -0.15) is 0 Å². The number of anilines is 1. The van der Waals surface area contributed by atoms with Crippen molar-refractivity contribution in [2.45, 2.75) is 29.7 Å². The summed E-state index contributed by atoms with van der Waals surface area (Å²) in [6.07, 6.45) is 0.969. The molecule has 0 amide bonds. The van der Waals surface area contributed by atoms with E-state index in [0.717, 1.165) is 36.5 Å². The second kappa shape index (κ2) is 8.96. The van der Waals surface area contributed by atoms with Gasteiger partial charge in [-0.15, -0.1) is 0 Å². The van der Waals surface area contributed by atoms with Crippen LogP contribution in [0.2, 0.25) is 5.02 Å². The maximum Gasteiger partial charge on any atom is 0.166 e. The van der Waals surface area contributed by atoms with Crippen molar-refractivity contribution in [1.29, 1.82) is 0 Å². The molecule has 0 fully saturated rings. The predicted molar refractivity (Wildman–Crippen MR) is 129 cm³/mol. The van der Waals surface area contributed by atoms with Gasteiger partial charge in [0.2, 0.25) is 0 Å². The molecule has 1 aliphatic rings. The van der Waals surface area contributed by atoms with E-state index in [2.05, 4.69) is 17.0 Å². The minimum Gasteiger partial charge on any atom is -0.545 e. The normalized spacial score (nSPS) is 13.0. The SMILES string of the molecule is Cc1c(Sc2cccc(C(=O)[O-])c2F)c2ccc(Cl)c(F)c2n1CCN1CCc2ccccc21. The largest absolute Gasteiger partial charge is 0.545 e. The van der Waals surface area contributed by atoms with Gasteiger partial charge in [-0.1, -0.05) is 53.7 Å². The number of rotatable bonds is 6. The van der Waals surface area contributed by atoms with Crippen LogP contribution in [0.15, 0.2) is 64.4 Å². The Morgan fingerprint density at radius 3 is 2.65 bits per heavy atom. The summed E-state index contributed by atoms with van der Waals surface area (Å²) < 4.78 is 32.0. The molecule has 0 saturated heterocycles. The van der Waals surface area contributed by atoms with E-state index in [1.807, 2.05) is 23.6 Å². The number of benzene rings is 3. The van der Waals surface area contributed by atoms with E-state index in [1.165, 1.54) is 29.4 Å². The molecule has 1 aliphatic heterocycles. The van der Waals surface area contributed by atoms with Crippen molar-refractivity contribution in [2.24, 2.45) is 0 Å². The predicted octanol–water partition coefficient (Wildman–Crippen LogP) is 5.46. The summed E-state index contributed by atoms with van der Waals surface area (Å²) in [5.41, 5.74) is 3.09. The first-order valence-electron chi connectivity index (χ1n) is 10.8. The van der Waals surface area contributed by atoms with Gasteiger partial charge in [0.15, 0.2) is 5.82 Å². The second-order valence-electron chi connectivity index (χ2n) is 8.20. The Kier molecular flexibility index (Phi) is 6.00. The summed E-state index contributed by atoms with van der Waals surface area (Å²) >= 11 is 7.19.